The molecule has 0 heterocycles. The van der Waals surface area contributed by atoms with Gasteiger partial charge in [-0.05, 0) is 49.2 Å². The van der Waals surface area contributed by atoms with E-state index < -0.39 is 6.09 Å². The summed E-state index contributed by atoms with van der Waals surface area (Å²) in [6.45, 7) is 4.24. The Kier molecular flexibility index (Phi) is 4.82. The number of nitrogens with one attached hydrogen (secondary N) is 2. The van der Waals surface area contributed by atoms with Gasteiger partial charge in [0.05, 0.1) is 7.11 Å². The highest BCUT2D eigenvalue weighted by molar-refractivity contribution is 5.84. The molecule has 21 heavy (non-hydrogen) atoms. The van der Waals surface area contributed by atoms with Crippen LogP contribution in [0.1, 0.15) is 24.1 Å². The molecular weight excluding hydrogens is 264 g/mol. The van der Waals surface area contributed by atoms with Crippen LogP contribution in [0.2, 0.25) is 0 Å². The number of amides is 1. The van der Waals surface area contributed by atoms with Gasteiger partial charge < -0.3 is 10.1 Å². The van der Waals surface area contributed by atoms with E-state index in [9.17, 15) is 4.79 Å². The summed E-state index contributed by atoms with van der Waals surface area (Å²) in [5.41, 5.74) is 4.24. The number of rotatable bonds is 4. The minimum absolute atomic E-state index is 0.214. The Morgan fingerprint density at radius 1 is 1.05 bits per heavy atom. The molecule has 0 saturated carbocycles. The molecule has 0 spiro atoms. The maximum absolute atomic E-state index is 11.1. The van der Waals surface area contributed by atoms with Crippen molar-refractivity contribution < 1.29 is 9.53 Å². The monoisotopic (exact) mass is 284 g/mol. The molecule has 0 radical (unpaired) electrons. The third-order valence-electron chi connectivity index (χ3n) is 3.35. The summed E-state index contributed by atoms with van der Waals surface area (Å²) in [6.07, 6.45) is -0.469. The summed E-state index contributed by atoms with van der Waals surface area (Å²) in [6, 6.07) is 16.1. The van der Waals surface area contributed by atoms with Crippen LogP contribution >= 0.6 is 0 Å². The van der Waals surface area contributed by atoms with Crippen LogP contribution in [0.3, 0.4) is 0 Å². The number of carbonyl (C=O) groups excluding carboxylic acids is 1. The van der Waals surface area contributed by atoms with Crippen molar-refractivity contribution in [1.82, 2.24) is 0 Å². The van der Waals surface area contributed by atoms with Crippen LogP contribution in [-0.4, -0.2) is 13.2 Å². The molecule has 4 nitrogen and oxygen atoms in total. The Bertz CT molecular complexity index is 608. The summed E-state index contributed by atoms with van der Waals surface area (Å²) in [5, 5.41) is 6.07. The van der Waals surface area contributed by atoms with Crippen LogP contribution in [0.25, 0.3) is 0 Å². The van der Waals surface area contributed by atoms with Gasteiger partial charge in [0, 0.05) is 17.4 Å². The van der Waals surface area contributed by atoms with E-state index in [-0.39, 0.29) is 6.04 Å². The van der Waals surface area contributed by atoms with E-state index in [1.54, 1.807) is 0 Å². The second-order valence-corrected chi connectivity index (χ2v) is 4.92. The van der Waals surface area contributed by atoms with Gasteiger partial charge in [0.15, 0.2) is 0 Å². The first-order valence-corrected chi connectivity index (χ1v) is 6.87. The molecule has 110 valence electrons. The fourth-order valence-corrected chi connectivity index (χ4v) is 2.22. The topological polar surface area (TPSA) is 50.4 Å². The molecule has 0 aliphatic rings. The molecule has 2 N–H and O–H groups in total. The average molecular weight is 284 g/mol. The van der Waals surface area contributed by atoms with Gasteiger partial charge in [-0.2, -0.15) is 0 Å². The van der Waals surface area contributed by atoms with E-state index in [1.807, 2.05) is 36.4 Å². The summed E-state index contributed by atoms with van der Waals surface area (Å²) < 4.78 is 4.55. The lowest BCUT2D eigenvalue weighted by molar-refractivity contribution is 0.187. The fraction of sp³-hybridized carbons (Fsp3) is 0.235. The number of carbonyl (C=O) groups is 1. The van der Waals surface area contributed by atoms with E-state index in [2.05, 4.69) is 41.4 Å². The van der Waals surface area contributed by atoms with Gasteiger partial charge in [-0.3, -0.25) is 5.32 Å². The fourth-order valence-electron chi connectivity index (χ4n) is 2.22. The number of ether oxygens (including phenoxy) is 1. The normalized spacial score (nSPS) is 11.6. The molecule has 1 unspecified atom stereocenters. The van der Waals surface area contributed by atoms with Crippen LogP contribution in [0.5, 0.6) is 0 Å². The van der Waals surface area contributed by atoms with Crippen molar-refractivity contribution in [3.8, 4) is 0 Å². The van der Waals surface area contributed by atoms with Gasteiger partial charge in [-0.15, -0.1) is 0 Å². The standard InChI is InChI=1S/C17H20N2O2/c1-12-6-4-5-7-16(12)13(2)18-14-8-10-15(11-9-14)19-17(20)21-3/h4-11,13,18H,1-3H3,(H,19,20). The number of anilines is 2. The highest BCUT2D eigenvalue weighted by atomic mass is 16.5. The number of aryl methyl sites for hydroxylation is 1. The SMILES string of the molecule is COC(=O)Nc1ccc(NC(C)c2ccccc2C)cc1. The molecule has 0 bridgehead atoms. The molecule has 4 heteroatoms. The Morgan fingerprint density at radius 3 is 2.29 bits per heavy atom. The molecular formula is C17H20N2O2. The Morgan fingerprint density at radius 2 is 1.67 bits per heavy atom. The quantitative estimate of drug-likeness (QED) is 0.877. The summed E-state index contributed by atoms with van der Waals surface area (Å²) in [7, 11) is 1.34. The van der Waals surface area contributed by atoms with Crippen LogP contribution < -0.4 is 10.6 Å². The van der Waals surface area contributed by atoms with Gasteiger partial charge in [-0.1, -0.05) is 24.3 Å². The van der Waals surface area contributed by atoms with Gasteiger partial charge in [0.25, 0.3) is 0 Å². The molecule has 1 atom stereocenters. The highest BCUT2D eigenvalue weighted by Crippen LogP contribution is 2.23. The van der Waals surface area contributed by atoms with Crippen LogP contribution in [-0.2, 0) is 4.74 Å². The first-order chi connectivity index (χ1) is 10.1. The molecule has 0 saturated heterocycles. The summed E-state index contributed by atoms with van der Waals surface area (Å²) in [4.78, 5) is 11.1. The molecule has 0 aliphatic heterocycles. The zero-order valence-electron chi connectivity index (χ0n) is 12.5. The number of hydrogen-bond acceptors (Lipinski definition) is 3. The number of benzene rings is 2. The van der Waals surface area contributed by atoms with Gasteiger partial charge in [0.1, 0.15) is 0 Å². The average Bonchev–Trinajstić information content (AvgIpc) is 2.49. The minimum atomic E-state index is -0.469. The van der Waals surface area contributed by atoms with Crippen molar-refractivity contribution in [1.29, 1.82) is 0 Å². The lowest BCUT2D eigenvalue weighted by atomic mass is 10.0. The molecule has 2 aromatic carbocycles. The maximum atomic E-state index is 11.1. The maximum Gasteiger partial charge on any atom is 0.411 e. The Balaban J connectivity index is 2.03. The van der Waals surface area contributed by atoms with Crippen LogP contribution in [0.15, 0.2) is 48.5 Å². The van der Waals surface area contributed by atoms with Crippen molar-refractivity contribution in [3.63, 3.8) is 0 Å². The second kappa shape index (κ2) is 6.79. The van der Waals surface area contributed by atoms with Crippen molar-refractivity contribution in [2.24, 2.45) is 0 Å². The molecule has 2 rings (SSSR count). The van der Waals surface area contributed by atoms with Crippen LogP contribution in [0.4, 0.5) is 16.2 Å². The largest absolute Gasteiger partial charge is 0.453 e. The number of hydrogen-bond donors (Lipinski definition) is 2. The third kappa shape index (κ3) is 3.99. The predicted molar refractivity (Wildman–Crippen MR) is 85.7 cm³/mol. The second-order valence-electron chi connectivity index (χ2n) is 4.92. The smallest absolute Gasteiger partial charge is 0.411 e. The van der Waals surface area contributed by atoms with E-state index in [1.165, 1.54) is 18.2 Å². The zero-order chi connectivity index (χ0) is 15.2. The molecule has 1 amide bonds. The van der Waals surface area contributed by atoms with Crippen molar-refractivity contribution in [2.75, 3.05) is 17.7 Å². The van der Waals surface area contributed by atoms with Gasteiger partial charge >= 0.3 is 6.09 Å². The Hall–Kier alpha value is -2.49. The first-order valence-electron chi connectivity index (χ1n) is 6.87. The van der Waals surface area contributed by atoms with Crippen molar-refractivity contribution >= 4 is 17.5 Å². The molecule has 0 fully saturated rings. The van der Waals surface area contributed by atoms with Crippen LogP contribution in [0, 0.1) is 6.92 Å². The van der Waals surface area contributed by atoms with Gasteiger partial charge in [0.2, 0.25) is 0 Å². The van der Waals surface area contributed by atoms with E-state index in [0.29, 0.717) is 5.69 Å². The lowest BCUT2D eigenvalue weighted by Crippen LogP contribution is -2.11. The predicted octanol–water partition coefficient (Wildman–Crippen LogP) is 4.35. The summed E-state index contributed by atoms with van der Waals surface area (Å²) in [5.74, 6) is 0. The number of methoxy groups -OCH3 is 1. The van der Waals surface area contributed by atoms with E-state index in [0.717, 1.165) is 5.69 Å². The minimum Gasteiger partial charge on any atom is -0.453 e. The Labute approximate surface area is 125 Å². The summed E-state index contributed by atoms with van der Waals surface area (Å²) >= 11 is 0. The van der Waals surface area contributed by atoms with Crippen molar-refractivity contribution in [3.05, 3.63) is 59.7 Å². The lowest BCUT2D eigenvalue weighted by Gasteiger charge is -2.18. The molecule has 0 aromatic heterocycles. The third-order valence-corrected chi connectivity index (χ3v) is 3.35. The van der Waals surface area contributed by atoms with Gasteiger partial charge in [-0.25, -0.2) is 4.79 Å². The molecule has 2 aromatic rings. The first kappa shape index (κ1) is 14.9. The molecule has 0 aliphatic carbocycles. The van der Waals surface area contributed by atoms with E-state index in [4.69, 9.17) is 0 Å². The zero-order valence-corrected chi connectivity index (χ0v) is 12.5. The van der Waals surface area contributed by atoms with Crippen molar-refractivity contribution in [2.45, 2.75) is 19.9 Å². The van der Waals surface area contributed by atoms with E-state index >= 15 is 0 Å². The highest BCUT2D eigenvalue weighted by Gasteiger charge is 2.07.